The maximum Gasteiger partial charge on any atom is 0.277 e. The molecule has 0 unspecified atom stereocenters. The number of sulfonamides is 1. The highest BCUT2D eigenvalue weighted by molar-refractivity contribution is 7.92. The van der Waals surface area contributed by atoms with Crippen LogP contribution in [0.15, 0.2) is 46.1 Å². The molecule has 11 nitrogen and oxygen atoms in total. The quantitative estimate of drug-likeness (QED) is 0.314. The number of rotatable bonds is 9. The van der Waals surface area contributed by atoms with Crippen molar-refractivity contribution in [3.05, 3.63) is 58.3 Å². The Hall–Kier alpha value is -4.06. The van der Waals surface area contributed by atoms with Gasteiger partial charge in [0.05, 0.1) is 42.7 Å². The Morgan fingerprint density at radius 1 is 1.05 bits per heavy atom. The summed E-state index contributed by atoms with van der Waals surface area (Å²) in [5, 5.41) is 4.74. The predicted molar refractivity (Wildman–Crippen MR) is 147 cm³/mol. The first-order valence-corrected chi connectivity index (χ1v) is 14.3. The molecule has 0 amide bonds. The van der Waals surface area contributed by atoms with Gasteiger partial charge in [0.1, 0.15) is 11.6 Å². The van der Waals surface area contributed by atoms with Gasteiger partial charge in [-0.2, -0.15) is 0 Å². The van der Waals surface area contributed by atoms with Crippen molar-refractivity contribution >= 4 is 21.2 Å². The zero-order chi connectivity index (χ0) is 27.7. The molecule has 1 aliphatic rings. The Morgan fingerprint density at radius 3 is 2.46 bits per heavy atom. The van der Waals surface area contributed by atoms with Crippen LogP contribution in [0.5, 0.6) is 17.2 Å². The average molecular weight is 554 g/mol. The molecule has 0 spiro atoms. The van der Waals surface area contributed by atoms with Crippen LogP contribution in [0, 0.1) is 6.92 Å². The first-order chi connectivity index (χ1) is 18.7. The van der Waals surface area contributed by atoms with Crippen LogP contribution in [-0.4, -0.2) is 48.8 Å². The fourth-order valence-electron chi connectivity index (χ4n) is 5.02. The molecule has 5 rings (SSSR count). The van der Waals surface area contributed by atoms with E-state index in [-0.39, 0.29) is 22.2 Å². The smallest absolute Gasteiger partial charge is 0.277 e. The molecule has 2 heterocycles. The van der Waals surface area contributed by atoms with E-state index >= 15 is 0 Å². The van der Waals surface area contributed by atoms with Crippen LogP contribution in [0.1, 0.15) is 50.0 Å². The number of ether oxygens (including phenoxy) is 3. The largest absolute Gasteiger partial charge is 0.493 e. The van der Waals surface area contributed by atoms with E-state index in [2.05, 4.69) is 14.7 Å². The summed E-state index contributed by atoms with van der Waals surface area (Å²) in [5.41, 5.74) is 1.28. The molecule has 0 bridgehead atoms. The second-order valence-electron chi connectivity index (χ2n) is 9.37. The van der Waals surface area contributed by atoms with E-state index in [0.717, 1.165) is 31.5 Å². The Bertz CT molecular complexity index is 1690. The number of imidazole rings is 1. The van der Waals surface area contributed by atoms with Crippen molar-refractivity contribution in [2.24, 2.45) is 0 Å². The van der Waals surface area contributed by atoms with E-state index in [1.807, 2.05) is 6.92 Å². The van der Waals surface area contributed by atoms with Gasteiger partial charge < -0.3 is 19.2 Å². The van der Waals surface area contributed by atoms with Crippen LogP contribution in [0.3, 0.4) is 0 Å². The van der Waals surface area contributed by atoms with Crippen molar-refractivity contribution in [2.75, 3.05) is 25.5 Å². The zero-order valence-corrected chi connectivity index (χ0v) is 23.1. The van der Waals surface area contributed by atoms with Gasteiger partial charge in [0.2, 0.25) is 0 Å². The number of H-pyrrole nitrogens is 1. The number of anilines is 1. The van der Waals surface area contributed by atoms with Crippen LogP contribution >= 0.6 is 0 Å². The van der Waals surface area contributed by atoms with E-state index in [9.17, 15) is 13.2 Å². The van der Waals surface area contributed by atoms with E-state index in [1.165, 1.54) is 32.4 Å². The molecule has 12 heteroatoms. The molecular weight excluding hydrogens is 522 g/mol. The minimum atomic E-state index is -4.03. The summed E-state index contributed by atoms with van der Waals surface area (Å²) >= 11 is 0. The first kappa shape index (κ1) is 26.5. The number of nitrogens with zero attached hydrogens (tertiary/aromatic N) is 3. The van der Waals surface area contributed by atoms with Crippen molar-refractivity contribution in [1.29, 1.82) is 0 Å². The lowest BCUT2D eigenvalue weighted by Gasteiger charge is -2.15. The Morgan fingerprint density at radius 2 is 1.77 bits per heavy atom. The van der Waals surface area contributed by atoms with Gasteiger partial charge in [-0.25, -0.2) is 17.9 Å². The Labute approximate surface area is 226 Å². The van der Waals surface area contributed by atoms with Gasteiger partial charge >= 0.3 is 0 Å². The summed E-state index contributed by atoms with van der Waals surface area (Å²) in [4.78, 5) is 20.6. The lowest BCUT2D eigenvalue weighted by molar-refractivity contribution is 0.341. The van der Waals surface area contributed by atoms with Crippen LogP contribution in [0.2, 0.25) is 0 Å². The lowest BCUT2D eigenvalue weighted by Crippen LogP contribution is -2.17. The number of benzene rings is 2. The number of methoxy groups -OCH3 is 2. The maximum atomic E-state index is 13.4. The summed E-state index contributed by atoms with van der Waals surface area (Å²) < 4.78 is 47.3. The molecule has 0 saturated heterocycles. The SMILES string of the molecule is CCOc1ccc(S(=O)(=O)Nc2ccc(OC)c(OC)c2)cc1-c1nn2c(C3CCCC3)nc(C)c2c(=O)[nH]1. The summed E-state index contributed by atoms with van der Waals surface area (Å²) in [6.45, 7) is 3.96. The third-order valence-corrected chi connectivity index (χ3v) is 8.25. The standard InChI is InChI=1S/C27H31N5O6S/c1-5-38-21-13-11-19(39(34,35)31-18-10-12-22(36-3)23(14-18)37-4)15-20(21)25-29-27(33)24-16(2)28-26(32(24)30-25)17-8-6-7-9-17/h10-15,17,31H,5-9H2,1-4H3,(H,29,30,33). The van der Waals surface area contributed by atoms with Gasteiger partial charge in [-0.3, -0.25) is 9.52 Å². The second-order valence-corrected chi connectivity index (χ2v) is 11.0. The number of aromatic nitrogens is 4. The minimum absolute atomic E-state index is 0.0312. The van der Waals surface area contributed by atoms with Crippen molar-refractivity contribution in [2.45, 2.75) is 50.3 Å². The molecule has 4 aromatic rings. The van der Waals surface area contributed by atoms with Crippen LogP contribution in [0.25, 0.3) is 16.9 Å². The van der Waals surface area contributed by atoms with Crippen molar-refractivity contribution in [1.82, 2.24) is 19.6 Å². The lowest BCUT2D eigenvalue weighted by atomic mass is 10.1. The van der Waals surface area contributed by atoms with E-state index in [4.69, 9.17) is 19.3 Å². The highest BCUT2D eigenvalue weighted by Crippen LogP contribution is 2.35. The van der Waals surface area contributed by atoms with Crippen LogP contribution in [0.4, 0.5) is 5.69 Å². The molecule has 0 aliphatic heterocycles. The number of fused-ring (bicyclic) bond motifs is 1. The van der Waals surface area contributed by atoms with Gasteiger partial charge in [-0.1, -0.05) is 12.8 Å². The topological polar surface area (TPSA) is 137 Å². The Kier molecular flexibility index (Phi) is 7.21. The van der Waals surface area contributed by atoms with Crippen molar-refractivity contribution in [3.63, 3.8) is 0 Å². The summed E-state index contributed by atoms with van der Waals surface area (Å²) in [5.74, 6) is 2.41. The van der Waals surface area contributed by atoms with Crippen molar-refractivity contribution in [3.8, 4) is 28.6 Å². The maximum absolute atomic E-state index is 13.4. The van der Waals surface area contributed by atoms with Crippen LogP contribution in [-0.2, 0) is 10.0 Å². The van der Waals surface area contributed by atoms with Gasteiger partial charge in [-0.05, 0) is 57.0 Å². The second kappa shape index (κ2) is 10.6. The summed E-state index contributed by atoms with van der Waals surface area (Å²) in [6.07, 6.45) is 4.19. The molecule has 2 N–H and O–H groups in total. The normalized spacial score (nSPS) is 14.1. The number of hydrogen-bond acceptors (Lipinski definition) is 8. The minimum Gasteiger partial charge on any atom is -0.493 e. The number of hydrogen-bond donors (Lipinski definition) is 2. The molecule has 1 saturated carbocycles. The van der Waals surface area contributed by atoms with Gasteiger partial charge in [0, 0.05) is 12.0 Å². The Balaban J connectivity index is 1.60. The first-order valence-electron chi connectivity index (χ1n) is 12.8. The van der Waals surface area contributed by atoms with Gasteiger partial charge in [0.15, 0.2) is 22.8 Å². The highest BCUT2D eigenvalue weighted by atomic mass is 32.2. The fourth-order valence-corrected chi connectivity index (χ4v) is 6.09. The predicted octanol–water partition coefficient (Wildman–Crippen LogP) is 4.27. The molecule has 2 aromatic carbocycles. The molecule has 206 valence electrons. The third kappa shape index (κ3) is 5.03. The van der Waals surface area contributed by atoms with Gasteiger partial charge in [-0.15, -0.1) is 5.10 Å². The third-order valence-electron chi connectivity index (χ3n) is 6.87. The molecule has 1 fully saturated rings. The van der Waals surface area contributed by atoms with E-state index in [0.29, 0.717) is 46.3 Å². The fraction of sp³-hybridized carbons (Fsp3) is 0.370. The van der Waals surface area contributed by atoms with Crippen LogP contribution < -0.4 is 24.5 Å². The zero-order valence-electron chi connectivity index (χ0n) is 22.3. The summed E-state index contributed by atoms with van der Waals surface area (Å²) in [6, 6.07) is 9.16. The summed E-state index contributed by atoms with van der Waals surface area (Å²) in [7, 11) is -1.06. The molecule has 39 heavy (non-hydrogen) atoms. The molecule has 1 aliphatic carbocycles. The van der Waals surface area contributed by atoms with E-state index in [1.54, 1.807) is 29.6 Å². The number of nitrogens with one attached hydrogen (secondary N) is 2. The van der Waals surface area contributed by atoms with Gasteiger partial charge in [0.25, 0.3) is 15.6 Å². The average Bonchev–Trinajstić information content (AvgIpc) is 3.57. The highest BCUT2D eigenvalue weighted by Gasteiger charge is 2.26. The number of aryl methyl sites for hydroxylation is 1. The van der Waals surface area contributed by atoms with Crippen molar-refractivity contribution < 1.29 is 22.6 Å². The monoisotopic (exact) mass is 553 g/mol. The number of aromatic amines is 1. The molecule has 0 radical (unpaired) electrons. The molecule has 2 aromatic heterocycles. The molecule has 0 atom stereocenters. The molecular formula is C27H31N5O6S. The van der Waals surface area contributed by atoms with E-state index < -0.39 is 10.0 Å².